The largest absolute Gasteiger partial charge is 0.456 e. The number of hydrogen-bond donors (Lipinski definition) is 0. The van der Waals surface area contributed by atoms with Crippen LogP contribution in [0.4, 0.5) is 0 Å². The molecule has 0 fully saturated rings. The first-order chi connectivity index (χ1) is 28.0. The Morgan fingerprint density at radius 1 is 0.362 bits per heavy atom. The molecule has 2 aliphatic heterocycles. The summed E-state index contributed by atoms with van der Waals surface area (Å²) >= 11 is 0. The summed E-state index contributed by atoms with van der Waals surface area (Å²) in [6.07, 6.45) is 0.898. The molecule has 2 nitrogen and oxygen atoms in total. The lowest BCUT2D eigenvalue weighted by atomic mass is 9.74. The topological polar surface area (TPSA) is 18.5 Å². The molecule has 2 heterocycles. The molecule has 0 atom stereocenters. The molecule has 2 heteroatoms. The van der Waals surface area contributed by atoms with Gasteiger partial charge in [0, 0.05) is 44.9 Å². The highest BCUT2D eigenvalue weighted by Crippen LogP contribution is 2.59. The van der Waals surface area contributed by atoms with E-state index in [0.717, 1.165) is 29.4 Å². The highest BCUT2D eigenvalue weighted by molar-refractivity contribution is 5.94. The molecular formula is C56H44O2. The maximum Gasteiger partial charge on any atom is 0.139 e. The molecule has 0 saturated heterocycles. The molecule has 0 bridgehead atoms. The molecule has 0 unspecified atom stereocenters. The molecule has 0 radical (unpaired) electrons. The second-order valence-corrected chi connectivity index (χ2v) is 18.5. The fraction of sp³-hybridized carbons (Fsp3) is 0.179. The Bertz CT molecular complexity index is 3120. The van der Waals surface area contributed by atoms with E-state index in [-0.39, 0.29) is 16.2 Å². The van der Waals surface area contributed by atoms with Gasteiger partial charge in [0.1, 0.15) is 23.0 Å². The molecule has 0 N–H and O–H groups in total. The van der Waals surface area contributed by atoms with Crippen LogP contribution >= 0.6 is 0 Å². The van der Waals surface area contributed by atoms with Gasteiger partial charge in [0.15, 0.2) is 0 Å². The number of fused-ring (bicyclic) bond motifs is 13. The zero-order valence-corrected chi connectivity index (χ0v) is 33.9. The Morgan fingerprint density at radius 2 is 0.845 bits per heavy atom. The summed E-state index contributed by atoms with van der Waals surface area (Å²) in [5.41, 5.74) is 19.9. The SMILES string of the molecule is CC1(C)c2ccccc2Oc2c1ccc1c2-c2ccc(-c3ccc4cc(-c5ccc6c(c5)C(C)(C)c5ccc7c(c5-6)Oc5ccccc5C7)ccc4c3)cc2C1(C)C. The van der Waals surface area contributed by atoms with Gasteiger partial charge in [-0.3, -0.25) is 0 Å². The Hall–Kier alpha value is -6.38. The molecule has 0 spiro atoms. The van der Waals surface area contributed by atoms with Gasteiger partial charge in [0.25, 0.3) is 0 Å². The van der Waals surface area contributed by atoms with Crippen molar-refractivity contribution in [2.75, 3.05) is 0 Å². The average molecular weight is 749 g/mol. The van der Waals surface area contributed by atoms with Crippen molar-refractivity contribution in [2.45, 2.75) is 64.2 Å². The van der Waals surface area contributed by atoms with Gasteiger partial charge in [0.2, 0.25) is 0 Å². The zero-order valence-electron chi connectivity index (χ0n) is 33.9. The molecule has 8 aromatic rings. The van der Waals surface area contributed by atoms with Crippen LogP contribution in [0.2, 0.25) is 0 Å². The van der Waals surface area contributed by atoms with Gasteiger partial charge in [-0.25, -0.2) is 0 Å². The molecule has 8 aromatic carbocycles. The molecule has 0 aromatic heterocycles. The van der Waals surface area contributed by atoms with Crippen molar-refractivity contribution in [2.24, 2.45) is 0 Å². The summed E-state index contributed by atoms with van der Waals surface area (Å²) in [4.78, 5) is 0. The molecule has 0 saturated carbocycles. The third-order valence-corrected chi connectivity index (χ3v) is 14.2. The predicted octanol–water partition coefficient (Wildman–Crippen LogP) is 14.9. The van der Waals surface area contributed by atoms with Crippen LogP contribution < -0.4 is 9.47 Å². The Balaban J connectivity index is 0.882. The van der Waals surface area contributed by atoms with Crippen molar-refractivity contribution in [3.05, 3.63) is 190 Å². The third kappa shape index (κ3) is 4.49. The second-order valence-electron chi connectivity index (χ2n) is 18.5. The first kappa shape index (κ1) is 33.7. The van der Waals surface area contributed by atoms with Gasteiger partial charge in [-0.1, -0.05) is 151 Å². The highest BCUT2D eigenvalue weighted by atomic mass is 16.5. The minimum Gasteiger partial charge on any atom is -0.456 e. The summed E-state index contributed by atoms with van der Waals surface area (Å²) in [6.45, 7) is 14.1. The summed E-state index contributed by atoms with van der Waals surface area (Å²) in [7, 11) is 0. The lowest BCUT2D eigenvalue weighted by Crippen LogP contribution is -2.25. The Kier molecular flexibility index (Phi) is 6.62. The molecular weight excluding hydrogens is 705 g/mol. The summed E-state index contributed by atoms with van der Waals surface area (Å²) in [5, 5.41) is 2.48. The molecule has 4 aliphatic rings. The minimum absolute atomic E-state index is 0.137. The van der Waals surface area contributed by atoms with Crippen LogP contribution in [0, 0.1) is 0 Å². The van der Waals surface area contributed by atoms with Crippen LogP contribution in [0.15, 0.2) is 146 Å². The van der Waals surface area contributed by atoms with Crippen molar-refractivity contribution in [1.82, 2.24) is 0 Å². The quantitative estimate of drug-likeness (QED) is 0.175. The second kappa shape index (κ2) is 11.4. The third-order valence-electron chi connectivity index (χ3n) is 14.2. The van der Waals surface area contributed by atoms with E-state index in [9.17, 15) is 0 Å². The van der Waals surface area contributed by atoms with Gasteiger partial charge in [-0.15, -0.1) is 0 Å². The van der Waals surface area contributed by atoms with Gasteiger partial charge in [-0.05, 0) is 114 Å². The van der Waals surface area contributed by atoms with Crippen molar-refractivity contribution in [3.8, 4) is 67.5 Å². The van der Waals surface area contributed by atoms with E-state index < -0.39 is 0 Å². The standard InChI is InChI=1S/C56H44O2/c1-54(2)42-12-8-10-14-49(42)58-53-45(54)26-25-44-51(53)41-23-20-37(31-47(41)56(44,5)6)35-18-16-32-27-34(17-15-33(32)28-35)36-19-22-40-46(30-36)55(3,4)43-24-21-39-29-38-11-7-9-13-48(38)57-52(39)50(40)43/h7-28,30-31H,29H2,1-6H3. The van der Waals surface area contributed by atoms with Gasteiger partial charge < -0.3 is 9.47 Å². The summed E-state index contributed by atoms with van der Waals surface area (Å²) in [6, 6.07) is 54.1. The zero-order chi connectivity index (χ0) is 39.3. The van der Waals surface area contributed by atoms with E-state index in [2.05, 4.69) is 187 Å². The number of hydrogen-bond acceptors (Lipinski definition) is 2. The van der Waals surface area contributed by atoms with Crippen LogP contribution in [-0.2, 0) is 22.7 Å². The van der Waals surface area contributed by atoms with Gasteiger partial charge in [0.05, 0.1) is 0 Å². The molecule has 12 rings (SSSR count). The van der Waals surface area contributed by atoms with Crippen LogP contribution in [0.5, 0.6) is 23.0 Å². The maximum atomic E-state index is 6.78. The van der Waals surface area contributed by atoms with Crippen molar-refractivity contribution < 1.29 is 9.47 Å². The van der Waals surface area contributed by atoms with Crippen LogP contribution in [-0.4, -0.2) is 0 Å². The van der Waals surface area contributed by atoms with E-state index in [0.29, 0.717) is 0 Å². The fourth-order valence-corrected chi connectivity index (χ4v) is 10.8. The van der Waals surface area contributed by atoms with Crippen LogP contribution in [0.1, 0.15) is 86.1 Å². The number of benzene rings is 8. The average Bonchev–Trinajstić information content (AvgIpc) is 3.61. The van der Waals surface area contributed by atoms with Crippen molar-refractivity contribution >= 4 is 10.8 Å². The van der Waals surface area contributed by atoms with Crippen LogP contribution in [0.25, 0.3) is 55.3 Å². The fourth-order valence-electron chi connectivity index (χ4n) is 10.8. The minimum atomic E-state index is -0.157. The van der Waals surface area contributed by atoms with Crippen LogP contribution in [0.3, 0.4) is 0 Å². The molecule has 58 heavy (non-hydrogen) atoms. The summed E-state index contributed by atoms with van der Waals surface area (Å²) < 4.78 is 13.4. The van der Waals surface area contributed by atoms with E-state index in [1.807, 2.05) is 0 Å². The van der Waals surface area contributed by atoms with Gasteiger partial charge >= 0.3 is 0 Å². The van der Waals surface area contributed by atoms with E-state index in [4.69, 9.17) is 9.47 Å². The number of para-hydroxylation sites is 2. The van der Waals surface area contributed by atoms with Crippen molar-refractivity contribution in [1.29, 1.82) is 0 Å². The maximum absolute atomic E-state index is 6.78. The number of ether oxygens (including phenoxy) is 2. The highest BCUT2D eigenvalue weighted by Gasteiger charge is 2.43. The first-order valence-electron chi connectivity index (χ1n) is 20.7. The summed E-state index contributed by atoms with van der Waals surface area (Å²) in [5.74, 6) is 3.97. The Morgan fingerprint density at radius 3 is 1.50 bits per heavy atom. The lowest BCUT2D eigenvalue weighted by molar-refractivity contribution is 0.419. The molecule has 2 aliphatic carbocycles. The van der Waals surface area contributed by atoms with E-state index in [1.165, 1.54) is 99.8 Å². The first-order valence-corrected chi connectivity index (χ1v) is 20.7. The normalized spacial score (nSPS) is 16.4. The molecule has 0 amide bonds. The smallest absolute Gasteiger partial charge is 0.139 e. The molecule has 280 valence electrons. The monoisotopic (exact) mass is 748 g/mol. The predicted molar refractivity (Wildman–Crippen MR) is 238 cm³/mol. The Labute approximate surface area is 340 Å². The van der Waals surface area contributed by atoms with E-state index in [1.54, 1.807) is 0 Å². The van der Waals surface area contributed by atoms with Gasteiger partial charge in [-0.2, -0.15) is 0 Å². The van der Waals surface area contributed by atoms with Crippen molar-refractivity contribution in [3.63, 3.8) is 0 Å². The lowest BCUT2D eigenvalue weighted by Gasteiger charge is -2.36. The van der Waals surface area contributed by atoms with E-state index >= 15 is 0 Å². The number of rotatable bonds is 2.